The average molecular weight is 401 g/mol. The summed E-state index contributed by atoms with van der Waals surface area (Å²) >= 11 is 0. The van der Waals surface area contributed by atoms with Crippen molar-refractivity contribution in [3.63, 3.8) is 0 Å². The van der Waals surface area contributed by atoms with Crippen LogP contribution in [0.25, 0.3) is 11.0 Å². The molecule has 0 saturated heterocycles. The third kappa shape index (κ3) is 4.10. The molecule has 28 heavy (non-hydrogen) atoms. The summed E-state index contributed by atoms with van der Waals surface area (Å²) in [5, 5.41) is 0.876. The lowest BCUT2D eigenvalue weighted by Crippen LogP contribution is -2.22. The second-order valence-corrected chi connectivity index (χ2v) is 9.21. The second kappa shape index (κ2) is 7.77. The molecule has 0 N–H and O–H groups in total. The minimum atomic E-state index is -3.50. The van der Waals surface area contributed by atoms with E-state index in [1.165, 1.54) is 24.5 Å². The fourth-order valence-electron chi connectivity index (χ4n) is 2.91. The summed E-state index contributed by atoms with van der Waals surface area (Å²) in [5.74, 6) is 0.733. The first kappa shape index (κ1) is 20.1. The first-order chi connectivity index (χ1) is 13.2. The van der Waals surface area contributed by atoms with Crippen LogP contribution in [0.2, 0.25) is 0 Å². The van der Waals surface area contributed by atoms with Gasteiger partial charge in [0, 0.05) is 31.6 Å². The SMILES string of the molecule is CC(C)c1cc(=O)oc2cc(OCc3cccc(S(=O)(=O)N(C)C)c3)ccc12. The van der Waals surface area contributed by atoms with Crippen molar-refractivity contribution in [3.8, 4) is 5.75 Å². The van der Waals surface area contributed by atoms with Gasteiger partial charge in [0.1, 0.15) is 17.9 Å². The molecule has 0 saturated carbocycles. The lowest BCUT2D eigenvalue weighted by Gasteiger charge is -2.13. The van der Waals surface area contributed by atoms with Crippen molar-refractivity contribution < 1.29 is 17.6 Å². The molecule has 0 aliphatic rings. The Morgan fingerprint density at radius 3 is 2.50 bits per heavy atom. The minimum absolute atomic E-state index is 0.191. The minimum Gasteiger partial charge on any atom is -0.489 e. The van der Waals surface area contributed by atoms with Crippen LogP contribution in [0, 0.1) is 0 Å². The second-order valence-electron chi connectivity index (χ2n) is 7.06. The van der Waals surface area contributed by atoms with Gasteiger partial charge in [0.2, 0.25) is 10.0 Å². The van der Waals surface area contributed by atoms with Gasteiger partial charge >= 0.3 is 5.63 Å². The Morgan fingerprint density at radius 1 is 1.07 bits per heavy atom. The van der Waals surface area contributed by atoms with Crippen LogP contribution in [0.15, 0.2) is 62.6 Å². The first-order valence-electron chi connectivity index (χ1n) is 8.90. The maximum absolute atomic E-state index is 12.3. The highest BCUT2D eigenvalue weighted by Crippen LogP contribution is 2.27. The molecule has 0 radical (unpaired) electrons. The molecule has 0 aliphatic carbocycles. The van der Waals surface area contributed by atoms with E-state index in [2.05, 4.69) is 0 Å². The fraction of sp³-hybridized carbons (Fsp3) is 0.286. The molecule has 3 rings (SSSR count). The molecule has 6 nitrogen and oxygen atoms in total. The standard InChI is InChI=1S/C21H23NO5S/c1-14(2)19-12-21(23)27-20-11-16(8-9-18(19)20)26-13-15-6-5-7-17(10-15)28(24,25)22(3)4/h5-12,14H,13H2,1-4H3. The van der Waals surface area contributed by atoms with Gasteiger partial charge in [0.05, 0.1) is 4.90 Å². The molecular weight excluding hydrogens is 378 g/mol. The summed E-state index contributed by atoms with van der Waals surface area (Å²) in [6, 6.07) is 13.5. The zero-order chi connectivity index (χ0) is 20.5. The number of nitrogens with zero attached hydrogens (tertiary/aromatic N) is 1. The Morgan fingerprint density at radius 2 is 1.82 bits per heavy atom. The molecule has 3 aromatic rings. The van der Waals surface area contributed by atoms with Crippen molar-refractivity contribution >= 4 is 21.0 Å². The average Bonchev–Trinajstić information content (AvgIpc) is 2.65. The number of sulfonamides is 1. The molecule has 0 amide bonds. The molecule has 0 atom stereocenters. The van der Waals surface area contributed by atoms with Crippen LogP contribution in [0.5, 0.6) is 5.75 Å². The van der Waals surface area contributed by atoms with Crippen LogP contribution >= 0.6 is 0 Å². The van der Waals surface area contributed by atoms with E-state index < -0.39 is 15.6 Å². The normalized spacial score (nSPS) is 12.1. The van der Waals surface area contributed by atoms with Crippen molar-refractivity contribution in [2.75, 3.05) is 14.1 Å². The van der Waals surface area contributed by atoms with Crippen molar-refractivity contribution in [1.82, 2.24) is 4.31 Å². The number of benzene rings is 2. The van der Waals surface area contributed by atoms with Gasteiger partial charge in [0.25, 0.3) is 0 Å². The van der Waals surface area contributed by atoms with Crippen LogP contribution in [0.1, 0.15) is 30.9 Å². The Hall–Kier alpha value is -2.64. The van der Waals surface area contributed by atoms with Gasteiger partial charge in [-0.1, -0.05) is 26.0 Å². The molecule has 0 unspecified atom stereocenters. The molecule has 0 fully saturated rings. The van der Waals surface area contributed by atoms with Gasteiger partial charge in [-0.05, 0) is 41.3 Å². The first-order valence-corrected chi connectivity index (χ1v) is 10.3. The molecule has 1 aromatic heterocycles. The molecule has 7 heteroatoms. The fourth-order valence-corrected chi connectivity index (χ4v) is 3.88. The van der Waals surface area contributed by atoms with E-state index in [4.69, 9.17) is 9.15 Å². The summed E-state index contributed by atoms with van der Waals surface area (Å²) in [4.78, 5) is 12.0. The van der Waals surface area contributed by atoms with Gasteiger partial charge in [-0.2, -0.15) is 0 Å². The van der Waals surface area contributed by atoms with Gasteiger partial charge in [-0.15, -0.1) is 0 Å². The summed E-state index contributed by atoms with van der Waals surface area (Å²) < 4.78 is 36.8. The summed E-state index contributed by atoms with van der Waals surface area (Å²) in [5.41, 5.74) is 1.73. The van der Waals surface area contributed by atoms with Gasteiger partial charge in [-0.25, -0.2) is 17.5 Å². The summed E-state index contributed by atoms with van der Waals surface area (Å²) in [7, 11) is -0.515. The molecular formula is C21H23NO5S. The Labute approximate surface area is 164 Å². The lowest BCUT2D eigenvalue weighted by molar-refractivity contribution is 0.306. The predicted octanol–water partition coefficient (Wildman–Crippen LogP) is 3.75. The predicted molar refractivity (Wildman–Crippen MR) is 108 cm³/mol. The number of hydrogen-bond donors (Lipinski definition) is 0. The van der Waals surface area contributed by atoms with E-state index in [1.54, 1.807) is 30.3 Å². The quantitative estimate of drug-likeness (QED) is 0.588. The van der Waals surface area contributed by atoms with E-state index in [1.807, 2.05) is 26.0 Å². The van der Waals surface area contributed by atoms with Crippen molar-refractivity contribution in [2.24, 2.45) is 0 Å². The third-order valence-corrected chi connectivity index (χ3v) is 6.26. The zero-order valence-corrected chi connectivity index (χ0v) is 17.1. The molecule has 0 bridgehead atoms. The number of rotatable bonds is 6. The molecule has 1 heterocycles. The van der Waals surface area contributed by atoms with Crippen molar-refractivity contribution in [1.29, 1.82) is 0 Å². The number of hydrogen-bond acceptors (Lipinski definition) is 5. The van der Waals surface area contributed by atoms with Crippen LogP contribution < -0.4 is 10.4 Å². The van der Waals surface area contributed by atoms with E-state index in [0.717, 1.165) is 16.5 Å². The molecule has 0 aliphatic heterocycles. The smallest absolute Gasteiger partial charge is 0.336 e. The van der Waals surface area contributed by atoms with Gasteiger partial charge < -0.3 is 9.15 Å². The van der Waals surface area contributed by atoms with E-state index in [-0.39, 0.29) is 17.4 Å². The zero-order valence-electron chi connectivity index (χ0n) is 16.3. The number of ether oxygens (including phenoxy) is 1. The Bertz CT molecular complexity index is 1160. The van der Waals surface area contributed by atoms with E-state index in [0.29, 0.717) is 11.3 Å². The topological polar surface area (TPSA) is 76.8 Å². The molecule has 148 valence electrons. The highest BCUT2D eigenvalue weighted by molar-refractivity contribution is 7.89. The monoisotopic (exact) mass is 401 g/mol. The maximum atomic E-state index is 12.3. The van der Waals surface area contributed by atoms with Crippen LogP contribution in [0.4, 0.5) is 0 Å². The van der Waals surface area contributed by atoms with Gasteiger partial charge in [-0.3, -0.25) is 0 Å². The Balaban J connectivity index is 1.86. The van der Waals surface area contributed by atoms with Crippen molar-refractivity contribution in [3.05, 3.63) is 70.1 Å². The summed E-state index contributed by atoms with van der Waals surface area (Å²) in [6.07, 6.45) is 0. The molecule has 0 spiro atoms. The lowest BCUT2D eigenvalue weighted by atomic mass is 10.00. The van der Waals surface area contributed by atoms with Gasteiger partial charge in [0.15, 0.2) is 0 Å². The van der Waals surface area contributed by atoms with E-state index in [9.17, 15) is 13.2 Å². The Kier molecular flexibility index (Phi) is 5.58. The van der Waals surface area contributed by atoms with Crippen LogP contribution in [0.3, 0.4) is 0 Å². The maximum Gasteiger partial charge on any atom is 0.336 e. The highest BCUT2D eigenvalue weighted by Gasteiger charge is 2.17. The number of fused-ring (bicyclic) bond motifs is 1. The van der Waals surface area contributed by atoms with Crippen LogP contribution in [-0.2, 0) is 16.6 Å². The van der Waals surface area contributed by atoms with Crippen LogP contribution in [-0.4, -0.2) is 26.8 Å². The van der Waals surface area contributed by atoms with E-state index >= 15 is 0 Å². The molecule has 2 aromatic carbocycles. The highest BCUT2D eigenvalue weighted by atomic mass is 32.2. The largest absolute Gasteiger partial charge is 0.489 e. The summed E-state index contributed by atoms with van der Waals surface area (Å²) in [6.45, 7) is 4.23. The third-order valence-electron chi connectivity index (χ3n) is 4.45. The van der Waals surface area contributed by atoms with Crippen molar-refractivity contribution in [2.45, 2.75) is 31.3 Å².